The highest BCUT2D eigenvalue weighted by molar-refractivity contribution is 7.11. The van der Waals surface area contributed by atoms with Crippen LogP contribution in [0.4, 0.5) is 0 Å². The van der Waals surface area contributed by atoms with Gasteiger partial charge in [0.2, 0.25) is 0 Å². The first-order valence-electron chi connectivity index (χ1n) is 8.63. The number of allylic oxidation sites excluding steroid dienone is 2. The molecule has 0 radical (unpaired) electrons. The molecule has 3 rings (SSSR count). The van der Waals surface area contributed by atoms with Crippen molar-refractivity contribution in [1.82, 2.24) is 4.98 Å². The van der Waals surface area contributed by atoms with Gasteiger partial charge in [-0.25, -0.2) is 4.98 Å². The Morgan fingerprint density at radius 1 is 1.32 bits per heavy atom. The van der Waals surface area contributed by atoms with E-state index in [1.807, 2.05) is 19.1 Å². The van der Waals surface area contributed by atoms with Crippen molar-refractivity contribution in [1.29, 1.82) is 0 Å². The zero-order valence-electron chi connectivity index (χ0n) is 14.7. The lowest BCUT2D eigenvalue weighted by molar-refractivity contribution is -0.136. The predicted octanol–water partition coefficient (Wildman–Crippen LogP) is 4.58. The van der Waals surface area contributed by atoms with Gasteiger partial charge in [0, 0.05) is 23.3 Å². The molecule has 1 aliphatic carbocycles. The number of aryl methyl sites for hydroxylation is 2. The Morgan fingerprint density at radius 3 is 2.88 bits per heavy atom. The fourth-order valence-electron chi connectivity index (χ4n) is 3.30. The number of carboxylic acid groups (broad SMARTS) is 1. The molecule has 132 valence electrons. The van der Waals surface area contributed by atoms with Crippen molar-refractivity contribution < 1.29 is 14.6 Å². The monoisotopic (exact) mass is 357 g/mol. The Hall–Kier alpha value is -2.14. The number of fused-ring (bicyclic) bond motifs is 1. The molecule has 0 atom stereocenters. The van der Waals surface area contributed by atoms with Gasteiger partial charge in [-0.15, -0.1) is 11.3 Å². The first kappa shape index (κ1) is 17.7. The number of thiazole rings is 1. The van der Waals surface area contributed by atoms with Gasteiger partial charge in [0.05, 0.1) is 17.3 Å². The minimum absolute atomic E-state index is 0.165. The van der Waals surface area contributed by atoms with Crippen molar-refractivity contribution in [3.63, 3.8) is 0 Å². The van der Waals surface area contributed by atoms with Crippen molar-refractivity contribution in [2.24, 2.45) is 0 Å². The Balaban J connectivity index is 1.69. The molecule has 25 heavy (non-hydrogen) atoms. The van der Waals surface area contributed by atoms with E-state index in [1.165, 1.54) is 10.4 Å². The van der Waals surface area contributed by atoms with Crippen LogP contribution in [-0.4, -0.2) is 22.7 Å². The summed E-state index contributed by atoms with van der Waals surface area (Å²) in [5.41, 5.74) is 4.59. The number of carboxylic acids is 1. The fraction of sp³-hybridized carbons (Fsp3) is 0.400. The molecule has 0 unspecified atom stereocenters. The van der Waals surface area contributed by atoms with Crippen LogP contribution in [0.3, 0.4) is 0 Å². The maximum atomic E-state index is 10.9. The van der Waals surface area contributed by atoms with Crippen LogP contribution in [0.15, 0.2) is 24.3 Å². The number of benzene rings is 1. The highest BCUT2D eigenvalue weighted by atomic mass is 32.1. The number of aromatic nitrogens is 1. The number of carbonyl (C=O) groups is 1. The van der Waals surface area contributed by atoms with Crippen LogP contribution in [0, 0.1) is 13.8 Å². The third-order valence-electron chi connectivity index (χ3n) is 4.47. The van der Waals surface area contributed by atoms with Crippen LogP contribution >= 0.6 is 11.3 Å². The van der Waals surface area contributed by atoms with Crippen LogP contribution in [0.2, 0.25) is 0 Å². The van der Waals surface area contributed by atoms with E-state index in [2.05, 4.69) is 24.1 Å². The summed E-state index contributed by atoms with van der Waals surface area (Å²) in [5, 5.41) is 10.0. The Bertz CT molecular complexity index is 807. The van der Waals surface area contributed by atoms with Crippen molar-refractivity contribution in [3.05, 3.63) is 51.0 Å². The number of rotatable bonds is 7. The lowest BCUT2D eigenvalue weighted by Crippen LogP contribution is -2.08. The van der Waals surface area contributed by atoms with Crippen LogP contribution in [0.25, 0.3) is 5.57 Å². The summed E-state index contributed by atoms with van der Waals surface area (Å²) in [6, 6.07) is 6.08. The van der Waals surface area contributed by atoms with Gasteiger partial charge in [0.15, 0.2) is 0 Å². The number of aliphatic carboxylic acids is 1. The van der Waals surface area contributed by atoms with Crippen LogP contribution in [0.1, 0.15) is 46.0 Å². The smallest absolute Gasteiger partial charge is 0.303 e. The topological polar surface area (TPSA) is 59.4 Å². The summed E-state index contributed by atoms with van der Waals surface area (Å²) in [5.74, 6) is 0.164. The van der Waals surface area contributed by atoms with Crippen LogP contribution in [0.5, 0.6) is 5.75 Å². The zero-order valence-corrected chi connectivity index (χ0v) is 15.5. The standard InChI is InChI=1S/C20H23NO3S/c1-13-18(21-14(2)25-13)11-12-24-19-8-4-6-16-15(9-10-20(22)23)5-3-7-17(16)19/h4-6,8H,3,7,9-12H2,1-2H3,(H,22,23). The molecule has 0 fully saturated rings. The Morgan fingerprint density at radius 2 is 2.16 bits per heavy atom. The molecule has 1 aliphatic rings. The Kier molecular flexibility index (Phi) is 5.53. The molecule has 0 saturated heterocycles. The number of hydrogen-bond acceptors (Lipinski definition) is 4. The molecule has 0 spiro atoms. The van der Waals surface area contributed by atoms with Gasteiger partial charge in [-0.2, -0.15) is 0 Å². The summed E-state index contributed by atoms with van der Waals surface area (Å²) >= 11 is 1.72. The van der Waals surface area contributed by atoms with Gasteiger partial charge < -0.3 is 9.84 Å². The SMILES string of the molecule is Cc1nc(CCOc2cccc3c2CCC=C3CCC(=O)O)c(C)s1. The first-order valence-corrected chi connectivity index (χ1v) is 9.45. The molecule has 1 N–H and O–H groups in total. The van der Waals surface area contributed by atoms with Crippen LogP contribution < -0.4 is 4.74 Å². The quantitative estimate of drug-likeness (QED) is 0.788. The largest absolute Gasteiger partial charge is 0.493 e. The molecule has 1 aromatic heterocycles. The maximum absolute atomic E-state index is 10.9. The van der Waals surface area contributed by atoms with Gasteiger partial charge in [0.1, 0.15) is 5.75 Å². The summed E-state index contributed by atoms with van der Waals surface area (Å²) < 4.78 is 6.07. The van der Waals surface area contributed by atoms with Crippen molar-refractivity contribution in [2.45, 2.75) is 46.0 Å². The third kappa shape index (κ3) is 4.28. The highest BCUT2D eigenvalue weighted by Crippen LogP contribution is 2.35. The first-order chi connectivity index (χ1) is 12.0. The maximum Gasteiger partial charge on any atom is 0.303 e. The lowest BCUT2D eigenvalue weighted by Gasteiger charge is -2.21. The van der Waals surface area contributed by atoms with E-state index in [9.17, 15) is 4.79 Å². The van der Waals surface area contributed by atoms with Gasteiger partial charge in [-0.05, 0) is 50.3 Å². The lowest BCUT2D eigenvalue weighted by atomic mass is 9.88. The van der Waals surface area contributed by atoms with Gasteiger partial charge in [0.25, 0.3) is 0 Å². The molecule has 4 nitrogen and oxygen atoms in total. The second-order valence-electron chi connectivity index (χ2n) is 6.28. The van der Waals surface area contributed by atoms with Crippen LogP contribution in [-0.2, 0) is 17.6 Å². The third-order valence-corrected chi connectivity index (χ3v) is 5.40. The van der Waals surface area contributed by atoms with E-state index in [1.54, 1.807) is 11.3 Å². The second kappa shape index (κ2) is 7.83. The minimum atomic E-state index is -0.755. The summed E-state index contributed by atoms with van der Waals surface area (Å²) in [6.45, 7) is 4.74. The van der Waals surface area contributed by atoms with E-state index in [4.69, 9.17) is 9.84 Å². The van der Waals surface area contributed by atoms with E-state index < -0.39 is 5.97 Å². The van der Waals surface area contributed by atoms with Gasteiger partial charge in [-0.1, -0.05) is 18.2 Å². The van der Waals surface area contributed by atoms with Gasteiger partial charge >= 0.3 is 5.97 Å². The fourth-order valence-corrected chi connectivity index (χ4v) is 4.16. The second-order valence-corrected chi connectivity index (χ2v) is 7.69. The highest BCUT2D eigenvalue weighted by Gasteiger charge is 2.17. The molecule has 0 aliphatic heterocycles. The molecule has 0 bridgehead atoms. The molecule has 2 aromatic rings. The predicted molar refractivity (Wildman–Crippen MR) is 100 cm³/mol. The zero-order chi connectivity index (χ0) is 17.8. The molecular weight excluding hydrogens is 334 g/mol. The van der Waals surface area contributed by atoms with Crippen molar-refractivity contribution >= 4 is 22.9 Å². The van der Waals surface area contributed by atoms with Gasteiger partial charge in [-0.3, -0.25) is 4.79 Å². The Labute approximate surface area is 152 Å². The minimum Gasteiger partial charge on any atom is -0.493 e. The van der Waals surface area contributed by atoms with Crippen molar-refractivity contribution in [3.8, 4) is 5.75 Å². The van der Waals surface area contributed by atoms with Crippen molar-refractivity contribution in [2.75, 3.05) is 6.61 Å². The molecule has 5 heteroatoms. The molecule has 1 heterocycles. The molecule has 0 amide bonds. The van der Waals surface area contributed by atoms with E-state index in [0.29, 0.717) is 13.0 Å². The average Bonchev–Trinajstić information content (AvgIpc) is 2.90. The number of nitrogens with zero attached hydrogens (tertiary/aromatic N) is 1. The molecular formula is C20H23NO3S. The summed E-state index contributed by atoms with van der Waals surface area (Å²) in [7, 11) is 0. The van der Waals surface area contributed by atoms with E-state index >= 15 is 0 Å². The van der Waals surface area contributed by atoms with E-state index in [-0.39, 0.29) is 6.42 Å². The number of hydrogen-bond donors (Lipinski definition) is 1. The summed E-state index contributed by atoms with van der Waals surface area (Å²) in [4.78, 5) is 16.7. The molecule has 0 saturated carbocycles. The normalized spacial score (nSPS) is 13.3. The molecule has 1 aromatic carbocycles. The average molecular weight is 357 g/mol. The van der Waals surface area contributed by atoms with E-state index in [0.717, 1.165) is 46.9 Å². The number of ether oxygens (including phenoxy) is 1. The summed E-state index contributed by atoms with van der Waals surface area (Å²) in [6.07, 6.45) is 5.59.